The van der Waals surface area contributed by atoms with Crippen LogP contribution in [0.3, 0.4) is 0 Å². The molecule has 0 aromatic rings. The molecular formula is C16H22O5. The molecule has 21 heavy (non-hydrogen) atoms. The van der Waals surface area contributed by atoms with Crippen LogP contribution in [-0.2, 0) is 23.9 Å². The van der Waals surface area contributed by atoms with Crippen LogP contribution in [0.25, 0.3) is 0 Å². The lowest BCUT2D eigenvalue weighted by molar-refractivity contribution is -0.178. The maximum Gasteiger partial charge on any atom is 0.316 e. The molecule has 1 heterocycles. The number of fused-ring (bicyclic) bond motifs is 1. The molecule has 0 radical (unpaired) electrons. The molecule has 6 unspecified atom stereocenters. The van der Waals surface area contributed by atoms with Gasteiger partial charge in [-0.1, -0.05) is 13.8 Å². The van der Waals surface area contributed by atoms with E-state index in [1.165, 1.54) is 0 Å². The first-order valence-electron chi connectivity index (χ1n) is 7.72. The fourth-order valence-corrected chi connectivity index (χ4v) is 4.38. The van der Waals surface area contributed by atoms with E-state index in [9.17, 15) is 14.4 Å². The summed E-state index contributed by atoms with van der Waals surface area (Å²) >= 11 is 0. The van der Waals surface area contributed by atoms with Crippen LogP contribution in [0.5, 0.6) is 0 Å². The van der Waals surface area contributed by atoms with Gasteiger partial charge in [-0.3, -0.25) is 14.4 Å². The van der Waals surface area contributed by atoms with Crippen LogP contribution in [-0.4, -0.2) is 29.4 Å². The fraction of sp³-hybridized carbons (Fsp3) is 0.812. The molecule has 1 aliphatic heterocycles. The molecule has 0 amide bonds. The summed E-state index contributed by atoms with van der Waals surface area (Å²) < 4.78 is 11.1. The summed E-state index contributed by atoms with van der Waals surface area (Å²) in [6.45, 7) is 6.99. The van der Waals surface area contributed by atoms with Crippen molar-refractivity contribution in [1.82, 2.24) is 0 Å². The molecule has 3 rings (SSSR count). The summed E-state index contributed by atoms with van der Waals surface area (Å²) in [6.07, 6.45) is 1.21. The minimum Gasteiger partial charge on any atom is -0.457 e. The van der Waals surface area contributed by atoms with E-state index in [2.05, 4.69) is 0 Å². The van der Waals surface area contributed by atoms with Gasteiger partial charge in [-0.05, 0) is 26.7 Å². The number of hydrogen-bond donors (Lipinski definition) is 0. The van der Waals surface area contributed by atoms with E-state index in [0.29, 0.717) is 0 Å². The molecule has 3 aliphatic rings. The number of rotatable bonds is 4. The maximum atomic E-state index is 12.2. The predicted octanol–water partition coefficient (Wildman–Crippen LogP) is 1.73. The van der Waals surface area contributed by atoms with E-state index in [-0.39, 0.29) is 35.4 Å². The van der Waals surface area contributed by atoms with Gasteiger partial charge in [-0.2, -0.15) is 0 Å². The molecule has 0 spiro atoms. The molecule has 5 nitrogen and oxygen atoms in total. The third-order valence-electron chi connectivity index (χ3n) is 5.54. The van der Waals surface area contributed by atoms with Crippen molar-refractivity contribution in [3.8, 4) is 0 Å². The number of carbonyl (C=O) groups excluding carboxylic acids is 3. The van der Waals surface area contributed by atoms with E-state index in [0.717, 1.165) is 12.8 Å². The van der Waals surface area contributed by atoms with Crippen molar-refractivity contribution in [2.45, 2.75) is 52.2 Å². The van der Waals surface area contributed by atoms with E-state index >= 15 is 0 Å². The second-order valence-electron chi connectivity index (χ2n) is 7.19. The summed E-state index contributed by atoms with van der Waals surface area (Å²) in [5.74, 6) is -1.41. The minimum atomic E-state index is -0.763. The maximum absolute atomic E-state index is 12.2. The number of ether oxygens (including phenoxy) is 2. The van der Waals surface area contributed by atoms with Crippen LogP contribution in [0.2, 0.25) is 0 Å². The number of carbonyl (C=O) groups is 3. The lowest BCUT2D eigenvalue weighted by Gasteiger charge is -2.34. The van der Waals surface area contributed by atoms with Crippen molar-refractivity contribution >= 4 is 17.7 Å². The van der Waals surface area contributed by atoms with Gasteiger partial charge in [-0.25, -0.2) is 0 Å². The molecular weight excluding hydrogens is 272 g/mol. The molecule has 2 aliphatic carbocycles. The molecule has 2 bridgehead atoms. The third kappa shape index (κ3) is 1.93. The molecule has 2 saturated carbocycles. The van der Waals surface area contributed by atoms with Crippen molar-refractivity contribution in [3.05, 3.63) is 0 Å². The normalized spacial score (nSPS) is 41.3. The highest BCUT2D eigenvalue weighted by Gasteiger charge is 2.70. The molecule has 116 valence electrons. The molecule has 6 atom stereocenters. The van der Waals surface area contributed by atoms with Gasteiger partial charge < -0.3 is 9.47 Å². The monoisotopic (exact) mass is 294 g/mol. The zero-order valence-corrected chi connectivity index (χ0v) is 12.9. The molecule has 5 heteroatoms. The van der Waals surface area contributed by atoms with Gasteiger partial charge in [0.05, 0.1) is 5.92 Å². The Balaban J connectivity index is 1.73. The van der Waals surface area contributed by atoms with Crippen molar-refractivity contribution in [1.29, 1.82) is 0 Å². The quantitative estimate of drug-likeness (QED) is 0.583. The van der Waals surface area contributed by atoms with Gasteiger partial charge in [-0.15, -0.1) is 0 Å². The second-order valence-corrected chi connectivity index (χ2v) is 7.19. The first-order valence-corrected chi connectivity index (χ1v) is 7.72. The Morgan fingerprint density at radius 1 is 1.29 bits per heavy atom. The fourth-order valence-electron chi connectivity index (χ4n) is 4.38. The van der Waals surface area contributed by atoms with Crippen LogP contribution in [0, 0.1) is 29.6 Å². The Bertz CT molecular complexity index is 511. The van der Waals surface area contributed by atoms with Crippen LogP contribution in [0.15, 0.2) is 0 Å². The van der Waals surface area contributed by atoms with Crippen LogP contribution in [0.1, 0.15) is 40.5 Å². The first kappa shape index (κ1) is 14.5. The number of ketones is 1. The zero-order valence-electron chi connectivity index (χ0n) is 12.9. The number of esters is 2. The lowest BCUT2D eigenvalue weighted by Crippen LogP contribution is -2.47. The Morgan fingerprint density at radius 2 is 1.95 bits per heavy atom. The first-order chi connectivity index (χ1) is 9.75. The summed E-state index contributed by atoms with van der Waals surface area (Å²) in [5, 5.41) is 0. The summed E-state index contributed by atoms with van der Waals surface area (Å²) in [4.78, 5) is 36.0. The van der Waals surface area contributed by atoms with Gasteiger partial charge >= 0.3 is 11.9 Å². The topological polar surface area (TPSA) is 69.7 Å². The average Bonchev–Trinajstić information content (AvgIpc) is 3.00. The Hall–Kier alpha value is -1.39. The Kier molecular flexibility index (Phi) is 3.15. The van der Waals surface area contributed by atoms with E-state index in [4.69, 9.17) is 9.47 Å². The molecule has 0 N–H and O–H groups in total. The Labute approximate surface area is 124 Å². The smallest absolute Gasteiger partial charge is 0.316 e. The number of hydrogen-bond acceptors (Lipinski definition) is 5. The average molecular weight is 294 g/mol. The van der Waals surface area contributed by atoms with Crippen molar-refractivity contribution in [3.63, 3.8) is 0 Å². The van der Waals surface area contributed by atoms with E-state index in [1.807, 2.05) is 6.92 Å². The van der Waals surface area contributed by atoms with Gasteiger partial charge in [0.2, 0.25) is 0 Å². The van der Waals surface area contributed by atoms with Crippen molar-refractivity contribution < 1.29 is 23.9 Å². The summed E-state index contributed by atoms with van der Waals surface area (Å²) in [7, 11) is 0. The molecule has 0 aromatic carbocycles. The summed E-state index contributed by atoms with van der Waals surface area (Å²) in [5.41, 5.74) is -0.694. The van der Waals surface area contributed by atoms with Crippen LogP contribution in [0.4, 0.5) is 0 Å². The lowest BCUT2D eigenvalue weighted by atomic mass is 9.79. The molecule has 1 saturated heterocycles. The third-order valence-corrected chi connectivity index (χ3v) is 5.54. The van der Waals surface area contributed by atoms with E-state index < -0.39 is 23.6 Å². The van der Waals surface area contributed by atoms with Gasteiger partial charge in [0.25, 0.3) is 0 Å². The Morgan fingerprint density at radius 3 is 2.57 bits per heavy atom. The predicted molar refractivity (Wildman–Crippen MR) is 73.1 cm³/mol. The van der Waals surface area contributed by atoms with Gasteiger partial charge in [0.15, 0.2) is 0 Å². The standard InChI is InChI=1S/C16H22O5/c1-7(2)12(17)8(3)14(18)20-13-9-5-10-11(6-9)16(13,4)21-15(10)19/h7-11,13H,5-6H2,1-4H3. The SMILES string of the molecule is CC(C)C(=O)C(C)C(=O)OC1C2CC3C(=O)OC1(C)C3C2. The minimum absolute atomic E-state index is 0.0235. The summed E-state index contributed by atoms with van der Waals surface area (Å²) in [6, 6.07) is 0. The van der Waals surface area contributed by atoms with Gasteiger partial charge in [0, 0.05) is 17.8 Å². The van der Waals surface area contributed by atoms with E-state index in [1.54, 1.807) is 20.8 Å². The zero-order chi connectivity index (χ0) is 15.5. The largest absolute Gasteiger partial charge is 0.457 e. The highest BCUT2D eigenvalue weighted by Crippen LogP contribution is 2.61. The van der Waals surface area contributed by atoms with Crippen molar-refractivity contribution in [2.75, 3.05) is 0 Å². The highest BCUT2D eigenvalue weighted by molar-refractivity contribution is 5.99. The van der Waals surface area contributed by atoms with Crippen molar-refractivity contribution in [2.24, 2.45) is 29.6 Å². The van der Waals surface area contributed by atoms with Crippen LogP contribution >= 0.6 is 0 Å². The highest BCUT2D eigenvalue weighted by atomic mass is 16.6. The number of Topliss-reactive ketones (excluding diaryl/α,β-unsaturated/α-hetero) is 1. The second kappa shape index (κ2) is 4.55. The van der Waals surface area contributed by atoms with Crippen LogP contribution < -0.4 is 0 Å². The molecule has 0 aromatic heterocycles. The molecule has 3 fully saturated rings. The van der Waals surface area contributed by atoms with Gasteiger partial charge in [0.1, 0.15) is 23.4 Å².